The number of aliphatic carboxylic acids is 1. The van der Waals surface area contributed by atoms with Gasteiger partial charge in [-0.3, -0.25) is 0 Å². The molecule has 90 valence electrons. The van der Waals surface area contributed by atoms with Crippen LogP contribution in [0.4, 0.5) is 0 Å². The predicted molar refractivity (Wildman–Crippen MR) is 47.5 cm³/mol. The lowest BCUT2D eigenvalue weighted by atomic mass is 10.2. The molecule has 0 saturated carbocycles. The summed E-state index contributed by atoms with van der Waals surface area (Å²) in [4.78, 5) is 20.9. The van der Waals surface area contributed by atoms with Gasteiger partial charge in [-0.05, 0) is 0 Å². The molecule has 0 radical (unpaired) electrons. The fourth-order valence-electron chi connectivity index (χ4n) is 0.575. The van der Waals surface area contributed by atoms with Gasteiger partial charge in [0.2, 0.25) is 0 Å². The van der Waals surface area contributed by atoms with Crippen LogP contribution in [0.1, 0.15) is 0 Å². The van der Waals surface area contributed by atoms with Crippen LogP contribution in [0.3, 0.4) is 0 Å². The van der Waals surface area contributed by atoms with E-state index in [1.165, 1.54) is 7.11 Å². The van der Waals surface area contributed by atoms with E-state index in [1.807, 2.05) is 0 Å². The van der Waals surface area contributed by atoms with Crippen molar-refractivity contribution in [2.24, 2.45) is 0 Å². The lowest BCUT2D eigenvalue weighted by Gasteiger charge is -2.12. The van der Waals surface area contributed by atoms with Gasteiger partial charge in [0.15, 0.2) is 12.2 Å². The van der Waals surface area contributed by atoms with Crippen molar-refractivity contribution in [1.29, 1.82) is 0 Å². The Morgan fingerprint density at radius 1 is 1.20 bits per heavy atom. The summed E-state index contributed by atoms with van der Waals surface area (Å²) in [6.07, 6.45) is -4.26. The molecule has 0 rings (SSSR count). The Bertz CT molecular complexity index is 208. The summed E-state index contributed by atoms with van der Waals surface area (Å²) in [6.45, 7) is 0.0142. The fourth-order valence-corrected chi connectivity index (χ4v) is 0.575. The van der Waals surface area contributed by atoms with E-state index in [-0.39, 0.29) is 19.4 Å². The average Bonchev–Trinajstić information content (AvgIpc) is 2.15. The monoisotopic (exact) mass is 225 g/mol. The minimum absolute atomic E-state index is 0. The van der Waals surface area contributed by atoms with E-state index in [0.29, 0.717) is 0 Å². The number of esters is 1. The standard InChI is InChI=1S/C7H12O7.H3N/c1-13-2-3-14-7(12)5(9)4(8)6(10)11;/h4-5,8-9H,2-3H2,1H3,(H,10,11);1H3. The summed E-state index contributed by atoms with van der Waals surface area (Å²) in [5, 5.41) is 25.9. The molecule has 0 aliphatic heterocycles. The maximum atomic E-state index is 10.8. The molecule has 0 aromatic heterocycles. The molecule has 6 N–H and O–H groups in total. The first-order valence-electron chi connectivity index (χ1n) is 3.75. The number of carbonyl (C=O) groups excluding carboxylic acids is 1. The molecular formula is C7H15NO7. The number of rotatable bonds is 6. The fraction of sp³-hybridized carbons (Fsp3) is 0.714. The normalized spacial score (nSPS) is 13.5. The van der Waals surface area contributed by atoms with Crippen molar-refractivity contribution in [2.75, 3.05) is 20.3 Å². The highest BCUT2D eigenvalue weighted by molar-refractivity contribution is 5.84. The van der Waals surface area contributed by atoms with Gasteiger partial charge in [0.25, 0.3) is 0 Å². The molecule has 0 aliphatic carbocycles. The third kappa shape index (κ3) is 5.96. The van der Waals surface area contributed by atoms with Crippen LogP contribution in [0.5, 0.6) is 0 Å². The van der Waals surface area contributed by atoms with E-state index < -0.39 is 24.1 Å². The number of carboxylic acids is 1. The van der Waals surface area contributed by atoms with E-state index in [4.69, 9.17) is 15.3 Å². The molecule has 0 saturated heterocycles. The molecule has 0 aromatic carbocycles. The van der Waals surface area contributed by atoms with Crippen LogP contribution in [0.2, 0.25) is 0 Å². The summed E-state index contributed by atoms with van der Waals surface area (Å²) in [5.74, 6) is -2.89. The van der Waals surface area contributed by atoms with Crippen LogP contribution in [-0.2, 0) is 19.1 Å². The highest BCUT2D eigenvalue weighted by atomic mass is 16.6. The number of aliphatic hydroxyl groups is 2. The highest BCUT2D eigenvalue weighted by Gasteiger charge is 2.31. The van der Waals surface area contributed by atoms with E-state index >= 15 is 0 Å². The minimum atomic E-state index is -2.18. The molecule has 2 unspecified atom stereocenters. The topological polar surface area (TPSA) is 148 Å². The minimum Gasteiger partial charge on any atom is -0.479 e. The average molecular weight is 225 g/mol. The van der Waals surface area contributed by atoms with Gasteiger partial charge in [-0.2, -0.15) is 0 Å². The van der Waals surface area contributed by atoms with E-state index in [1.54, 1.807) is 0 Å². The number of carboxylic acid groups (broad SMARTS) is 1. The number of methoxy groups -OCH3 is 1. The molecule has 2 atom stereocenters. The molecule has 0 heterocycles. The Morgan fingerprint density at radius 2 is 1.73 bits per heavy atom. The van der Waals surface area contributed by atoms with Crippen molar-refractivity contribution >= 4 is 11.9 Å². The second-order valence-electron chi connectivity index (χ2n) is 2.39. The molecule has 0 fully saturated rings. The van der Waals surface area contributed by atoms with Crippen LogP contribution in [0.25, 0.3) is 0 Å². The zero-order valence-corrected chi connectivity index (χ0v) is 8.25. The van der Waals surface area contributed by atoms with Gasteiger partial charge >= 0.3 is 11.9 Å². The number of ether oxygens (including phenoxy) is 2. The van der Waals surface area contributed by atoms with Crippen LogP contribution in [0.15, 0.2) is 0 Å². The van der Waals surface area contributed by atoms with Gasteiger partial charge in [0.1, 0.15) is 6.61 Å². The summed E-state index contributed by atoms with van der Waals surface area (Å²) in [5.41, 5.74) is 0. The van der Waals surface area contributed by atoms with Crippen molar-refractivity contribution < 1.29 is 34.4 Å². The van der Waals surface area contributed by atoms with Crippen molar-refractivity contribution in [1.82, 2.24) is 6.15 Å². The third-order valence-electron chi connectivity index (χ3n) is 1.33. The van der Waals surface area contributed by atoms with Crippen molar-refractivity contribution in [3.8, 4) is 0 Å². The molecule has 8 nitrogen and oxygen atoms in total. The smallest absolute Gasteiger partial charge is 0.338 e. The zero-order valence-electron chi connectivity index (χ0n) is 8.25. The lowest BCUT2D eigenvalue weighted by Crippen LogP contribution is -2.40. The van der Waals surface area contributed by atoms with Crippen LogP contribution >= 0.6 is 0 Å². The summed E-state index contributed by atoms with van der Waals surface area (Å²) in [6, 6.07) is 0. The Labute approximate surface area is 86.0 Å². The Balaban J connectivity index is 0. The number of hydrogen-bond donors (Lipinski definition) is 4. The molecule has 0 amide bonds. The first kappa shape index (κ1) is 16.2. The van der Waals surface area contributed by atoms with Crippen LogP contribution in [0, 0.1) is 0 Å². The van der Waals surface area contributed by atoms with Gasteiger partial charge in [-0.25, -0.2) is 9.59 Å². The highest BCUT2D eigenvalue weighted by Crippen LogP contribution is 1.97. The Kier molecular flexibility index (Phi) is 8.78. The maximum Gasteiger partial charge on any atom is 0.338 e. The number of hydrogen-bond acceptors (Lipinski definition) is 7. The summed E-state index contributed by atoms with van der Waals surface area (Å²) < 4.78 is 8.92. The molecule has 8 heteroatoms. The SMILES string of the molecule is COCCOC(=O)C(O)C(O)C(=O)O.N. The van der Waals surface area contributed by atoms with Crippen molar-refractivity contribution in [3.05, 3.63) is 0 Å². The molecule has 0 bridgehead atoms. The van der Waals surface area contributed by atoms with Gasteiger partial charge in [-0.1, -0.05) is 0 Å². The first-order valence-corrected chi connectivity index (χ1v) is 3.75. The Hall–Kier alpha value is -1.22. The maximum absolute atomic E-state index is 10.8. The van der Waals surface area contributed by atoms with Crippen LogP contribution in [-0.4, -0.2) is 59.8 Å². The second-order valence-corrected chi connectivity index (χ2v) is 2.39. The first-order chi connectivity index (χ1) is 6.50. The van der Waals surface area contributed by atoms with Gasteiger partial charge < -0.3 is 30.9 Å². The van der Waals surface area contributed by atoms with Crippen LogP contribution < -0.4 is 6.15 Å². The lowest BCUT2D eigenvalue weighted by molar-refractivity contribution is -0.170. The van der Waals surface area contributed by atoms with Gasteiger partial charge in [0.05, 0.1) is 6.61 Å². The van der Waals surface area contributed by atoms with E-state index in [2.05, 4.69) is 9.47 Å². The van der Waals surface area contributed by atoms with Crippen molar-refractivity contribution in [2.45, 2.75) is 12.2 Å². The van der Waals surface area contributed by atoms with Crippen molar-refractivity contribution in [3.63, 3.8) is 0 Å². The summed E-state index contributed by atoms with van der Waals surface area (Å²) >= 11 is 0. The van der Waals surface area contributed by atoms with Gasteiger partial charge in [0, 0.05) is 7.11 Å². The quantitative estimate of drug-likeness (QED) is 0.304. The molecule has 0 aromatic rings. The predicted octanol–water partition coefficient (Wildman–Crippen LogP) is -1.86. The summed E-state index contributed by atoms with van der Waals surface area (Å²) in [7, 11) is 1.39. The molecular weight excluding hydrogens is 210 g/mol. The van der Waals surface area contributed by atoms with Gasteiger partial charge in [-0.15, -0.1) is 0 Å². The third-order valence-corrected chi connectivity index (χ3v) is 1.33. The number of aliphatic hydroxyl groups excluding tert-OH is 2. The molecule has 15 heavy (non-hydrogen) atoms. The number of carbonyl (C=O) groups is 2. The Morgan fingerprint density at radius 3 is 2.13 bits per heavy atom. The van der Waals surface area contributed by atoms with E-state index in [0.717, 1.165) is 0 Å². The van der Waals surface area contributed by atoms with E-state index in [9.17, 15) is 9.59 Å². The molecule has 0 aliphatic rings. The largest absolute Gasteiger partial charge is 0.479 e. The zero-order chi connectivity index (χ0) is 11.1. The molecule has 0 spiro atoms. The second kappa shape index (κ2) is 8.12.